The molecule has 1 aliphatic rings. The van der Waals surface area contributed by atoms with Crippen molar-refractivity contribution in [3.63, 3.8) is 0 Å². The van der Waals surface area contributed by atoms with E-state index in [9.17, 15) is 17.6 Å². The monoisotopic (exact) mass is 374 g/mol. The summed E-state index contributed by atoms with van der Waals surface area (Å²) in [6, 6.07) is 11.7. The van der Waals surface area contributed by atoms with E-state index in [2.05, 4.69) is 9.71 Å². The summed E-state index contributed by atoms with van der Waals surface area (Å²) in [6.07, 6.45) is 0. The van der Waals surface area contributed by atoms with E-state index in [-0.39, 0.29) is 16.3 Å². The van der Waals surface area contributed by atoms with Gasteiger partial charge >= 0.3 is 5.97 Å². The van der Waals surface area contributed by atoms with Crippen molar-refractivity contribution in [2.45, 2.75) is 6.92 Å². The van der Waals surface area contributed by atoms with Crippen LogP contribution in [0.4, 0.5) is 10.1 Å². The first kappa shape index (κ1) is 17.8. The highest BCUT2D eigenvalue weighted by Gasteiger charge is 2.31. The molecule has 0 aliphatic carbocycles. The molecule has 2 aromatic carbocycles. The van der Waals surface area contributed by atoms with Gasteiger partial charge in [-0.2, -0.15) is 8.42 Å². The van der Waals surface area contributed by atoms with Crippen LogP contribution in [-0.4, -0.2) is 27.3 Å². The zero-order valence-electron chi connectivity index (χ0n) is 14.0. The van der Waals surface area contributed by atoms with Gasteiger partial charge in [-0.05, 0) is 36.8 Å². The Morgan fingerprint density at radius 2 is 1.77 bits per heavy atom. The molecule has 134 valence electrons. The van der Waals surface area contributed by atoms with Crippen molar-refractivity contribution >= 4 is 32.4 Å². The number of esters is 1. The first-order valence-corrected chi connectivity index (χ1v) is 9.04. The van der Waals surface area contributed by atoms with Crippen molar-refractivity contribution in [3.05, 3.63) is 71.0 Å². The number of carbonyl (C=O) groups is 1. The third-order valence-corrected chi connectivity index (χ3v) is 5.34. The van der Waals surface area contributed by atoms with Gasteiger partial charge in [0.15, 0.2) is 0 Å². The Morgan fingerprint density at radius 3 is 2.42 bits per heavy atom. The number of amidine groups is 1. The lowest BCUT2D eigenvalue weighted by Gasteiger charge is -2.10. The number of rotatable bonds is 3. The summed E-state index contributed by atoms with van der Waals surface area (Å²) in [4.78, 5) is 11.9. The first-order valence-electron chi connectivity index (χ1n) is 7.60. The second-order valence-corrected chi connectivity index (χ2v) is 7.08. The van der Waals surface area contributed by atoms with E-state index >= 15 is 0 Å². The largest absolute Gasteiger partial charge is 0.465 e. The maximum absolute atomic E-state index is 13.1. The maximum Gasteiger partial charge on any atom is 0.339 e. The van der Waals surface area contributed by atoms with E-state index in [0.717, 1.165) is 0 Å². The molecule has 3 rings (SSSR count). The summed E-state index contributed by atoms with van der Waals surface area (Å²) in [5.41, 5.74) is 1.33. The zero-order chi connectivity index (χ0) is 18.9. The molecular weight excluding hydrogens is 359 g/mol. The maximum atomic E-state index is 13.1. The summed E-state index contributed by atoms with van der Waals surface area (Å²) in [5.74, 6) is -0.927. The van der Waals surface area contributed by atoms with Crippen molar-refractivity contribution in [2.75, 3.05) is 12.4 Å². The average Bonchev–Trinajstić information content (AvgIpc) is 2.84. The van der Waals surface area contributed by atoms with Crippen molar-refractivity contribution < 1.29 is 22.3 Å². The molecule has 0 spiro atoms. The third kappa shape index (κ3) is 3.23. The van der Waals surface area contributed by atoms with E-state index in [1.807, 2.05) is 0 Å². The van der Waals surface area contributed by atoms with Crippen molar-refractivity contribution in [3.8, 4) is 0 Å². The molecule has 0 aromatic heterocycles. The van der Waals surface area contributed by atoms with Crippen LogP contribution in [0.5, 0.6) is 0 Å². The van der Waals surface area contributed by atoms with Crippen LogP contribution in [-0.2, 0) is 14.8 Å². The topological polar surface area (TPSA) is 84.8 Å². The van der Waals surface area contributed by atoms with Gasteiger partial charge in [0.05, 0.1) is 18.4 Å². The second kappa shape index (κ2) is 6.72. The Balaban J connectivity index is 2.03. The number of benzene rings is 2. The summed E-state index contributed by atoms with van der Waals surface area (Å²) in [7, 11) is -2.69. The number of ether oxygens (including phenoxy) is 1. The number of carbonyl (C=O) groups excluding carboxylic acids is 1. The molecule has 0 saturated carbocycles. The van der Waals surface area contributed by atoms with Crippen LogP contribution in [0.25, 0.3) is 4.91 Å². The highest BCUT2D eigenvalue weighted by Crippen LogP contribution is 2.33. The number of nitrogens with one attached hydrogen (secondary N) is 1. The van der Waals surface area contributed by atoms with Gasteiger partial charge in [-0.15, -0.1) is 4.40 Å². The summed E-state index contributed by atoms with van der Waals surface area (Å²) < 4.78 is 46.5. The zero-order valence-corrected chi connectivity index (χ0v) is 14.8. The molecule has 0 amide bonds. The number of methoxy groups -OCH3 is 1. The Kier molecular flexibility index (Phi) is 4.60. The van der Waals surface area contributed by atoms with E-state index in [0.29, 0.717) is 16.8 Å². The minimum absolute atomic E-state index is 0.00412. The van der Waals surface area contributed by atoms with Crippen molar-refractivity contribution in [1.29, 1.82) is 0 Å². The predicted octanol–water partition coefficient (Wildman–Crippen LogP) is 3.20. The first-order chi connectivity index (χ1) is 12.3. The summed E-state index contributed by atoms with van der Waals surface area (Å²) in [6.45, 7) is 1.59. The van der Waals surface area contributed by atoms with Gasteiger partial charge in [0.1, 0.15) is 16.6 Å². The van der Waals surface area contributed by atoms with Crippen molar-refractivity contribution in [2.24, 2.45) is 4.40 Å². The fraction of sp³-hybridized carbons (Fsp3) is 0.111. The van der Waals surface area contributed by atoms with Crippen LogP contribution in [0.3, 0.4) is 0 Å². The van der Waals surface area contributed by atoms with E-state index < -0.39 is 21.8 Å². The number of halogens is 1. The van der Waals surface area contributed by atoms with Crippen LogP contribution in [0.1, 0.15) is 22.8 Å². The molecular formula is C18H15FN2O4S. The minimum Gasteiger partial charge on any atom is -0.465 e. The Bertz CT molecular complexity index is 1040. The van der Waals surface area contributed by atoms with Gasteiger partial charge in [0.2, 0.25) is 0 Å². The summed E-state index contributed by atoms with van der Waals surface area (Å²) in [5, 5.41) is 2.88. The molecule has 0 fully saturated rings. The molecule has 1 aliphatic heterocycles. The number of hydrogen-bond acceptors (Lipinski definition) is 5. The molecule has 0 bridgehead atoms. The number of para-hydroxylation sites is 1. The Morgan fingerprint density at radius 1 is 1.12 bits per heavy atom. The van der Waals surface area contributed by atoms with Gasteiger partial charge < -0.3 is 10.1 Å². The number of nitrogens with zero attached hydrogens (tertiary/aromatic N) is 1. The molecule has 0 atom stereocenters. The SMILES string of the molecule is COC(=O)c1ccccc1NC1=NS(=O)(=O)C(c2ccc(F)cc2)=C1C. The Hall–Kier alpha value is -3.00. The highest BCUT2D eigenvalue weighted by molar-refractivity contribution is 8.00. The van der Waals surface area contributed by atoms with Crippen molar-refractivity contribution in [1.82, 2.24) is 0 Å². The smallest absolute Gasteiger partial charge is 0.339 e. The normalized spacial score (nSPS) is 15.6. The predicted molar refractivity (Wildman–Crippen MR) is 96.8 cm³/mol. The van der Waals surface area contributed by atoms with Gasteiger partial charge in [-0.3, -0.25) is 0 Å². The van der Waals surface area contributed by atoms with Crippen LogP contribution in [0.15, 0.2) is 58.5 Å². The minimum atomic E-state index is -3.94. The quantitative estimate of drug-likeness (QED) is 0.834. The standard InChI is InChI=1S/C18H15FN2O4S/c1-11-16(12-7-9-13(19)10-8-12)26(23,24)21-17(11)20-15-6-4-3-5-14(15)18(22)25-2/h3-10H,1-2H3,(H,20,21). The van der Waals surface area contributed by atoms with E-state index in [1.54, 1.807) is 31.2 Å². The molecule has 26 heavy (non-hydrogen) atoms. The fourth-order valence-corrected chi connectivity index (χ4v) is 4.06. The van der Waals surface area contributed by atoms with Gasteiger partial charge in [0, 0.05) is 5.57 Å². The lowest BCUT2D eigenvalue weighted by Crippen LogP contribution is -2.15. The van der Waals surface area contributed by atoms with Crippen LogP contribution >= 0.6 is 0 Å². The molecule has 2 aromatic rings. The number of sulfonamides is 1. The van der Waals surface area contributed by atoms with Crippen LogP contribution in [0, 0.1) is 5.82 Å². The molecule has 8 heteroatoms. The lowest BCUT2D eigenvalue weighted by atomic mass is 10.1. The second-order valence-electron chi connectivity index (χ2n) is 5.54. The van der Waals surface area contributed by atoms with Crippen LogP contribution in [0.2, 0.25) is 0 Å². The van der Waals surface area contributed by atoms with Gasteiger partial charge in [0.25, 0.3) is 10.0 Å². The fourth-order valence-electron chi connectivity index (χ4n) is 2.63. The van der Waals surface area contributed by atoms with E-state index in [4.69, 9.17) is 4.74 Å². The molecule has 6 nitrogen and oxygen atoms in total. The molecule has 0 unspecified atom stereocenters. The van der Waals surface area contributed by atoms with Gasteiger partial charge in [-0.1, -0.05) is 24.3 Å². The molecule has 1 heterocycles. The van der Waals surface area contributed by atoms with Gasteiger partial charge in [-0.25, -0.2) is 9.18 Å². The number of anilines is 1. The van der Waals surface area contributed by atoms with Crippen LogP contribution < -0.4 is 5.32 Å². The Labute approximate surface area is 150 Å². The average molecular weight is 374 g/mol. The van der Waals surface area contributed by atoms with E-state index in [1.165, 1.54) is 31.4 Å². The molecule has 0 radical (unpaired) electrons. The molecule has 1 N–H and O–H groups in total. The number of hydrogen-bond donors (Lipinski definition) is 1. The lowest BCUT2D eigenvalue weighted by molar-refractivity contribution is 0.0602. The highest BCUT2D eigenvalue weighted by atomic mass is 32.2. The third-order valence-electron chi connectivity index (χ3n) is 3.86. The molecule has 0 saturated heterocycles. The summed E-state index contributed by atoms with van der Waals surface area (Å²) >= 11 is 0.